The van der Waals surface area contributed by atoms with Crippen molar-refractivity contribution in [2.75, 3.05) is 4.90 Å². The van der Waals surface area contributed by atoms with Gasteiger partial charge in [0.25, 0.3) is 0 Å². The Morgan fingerprint density at radius 3 is 2.71 bits per heavy atom. The summed E-state index contributed by atoms with van der Waals surface area (Å²) in [4.78, 5) is 17.5. The van der Waals surface area contributed by atoms with Crippen LogP contribution in [0.2, 0.25) is 5.02 Å². The molecule has 2 N–H and O–H groups in total. The van der Waals surface area contributed by atoms with Gasteiger partial charge in [-0.3, -0.25) is 4.79 Å². The second kappa shape index (κ2) is 9.57. The summed E-state index contributed by atoms with van der Waals surface area (Å²) < 4.78 is 6.12. The molecule has 0 saturated heterocycles. The van der Waals surface area contributed by atoms with E-state index in [1.165, 1.54) is 0 Å². The zero-order valence-electron chi connectivity index (χ0n) is 19.7. The lowest BCUT2D eigenvalue weighted by molar-refractivity contribution is -0.137. The fourth-order valence-electron chi connectivity index (χ4n) is 4.16. The summed E-state index contributed by atoms with van der Waals surface area (Å²) in [5.41, 5.74) is 3.63. The van der Waals surface area contributed by atoms with Crippen molar-refractivity contribution in [1.82, 2.24) is 4.98 Å². The van der Waals surface area contributed by atoms with Gasteiger partial charge in [0.1, 0.15) is 11.7 Å². The molecule has 2 atom stereocenters. The predicted octanol–water partition coefficient (Wildman–Crippen LogP) is 6.13. The van der Waals surface area contributed by atoms with Crippen LogP contribution in [0.15, 0.2) is 59.2 Å². The second-order valence-electron chi connectivity index (χ2n) is 9.47. The highest BCUT2D eigenvalue weighted by Crippen LogP contribution is 2.43. The summed E-state index contributed by atoms with van der Waals surface area (Å²) in [6, 6.07) is 11.3. The number of halogens is 1. The van der Waals surface area contributed by atoms with E-state index in [4.69, 9.17) is 26.1 Å². The Bertz CT molecular complexity index is 1380. The number of hydrogen-bond acceptors (Lipinski definition) is 6. The second-order valence-corrected chi connectivity index (χ2v) is 9.85. The van der Waals surface area contributed by atoms with Gasteiger partial charge >= 0.3 is 5.97 Å². The quantitative estimate of drug-likeness (QED) is 0.427. The van der Waals surface area contributed by atoms with Crippen molar-refractivity contribution in [1.29, 1.82) is 5.26 Å². The molecule has 0 radical (unpaired) electrons. The average molecular weight is 492 g/mol. The largest absolute Gasteiger partial charge is 0.481 e. The first-order valence-electron chi connectivity index (χ1n) is 11.3. The number of carbonyl (C=O) groups is 1. The van der Waals surface area contributed by atoms with Gasteiger partial charge in [0.15, 0.2) is 5.58 Å². The Morgan fingerprint density at radius 2 is 2.06 bits per heavy atom. The summed E-state index contributed by atoms with van der Waals surface area (Å²) in [6.07, 6.45) is 6.30. The molecular weight excluding hydrogens is 466 g/mol. The van der Waals surface area contributed by atoms with Gasteiger partial charge in [-0.15, -0.1) is 0 Å². The number of aliphatic carboxylic acids is 1. The van der Waals surface area contributed by atoms with E-state index in [0.29, 0.717) is 33.1 Å². The molecule has 0 aliphatic carbocycles. The van der Waals surface area contributed by atoms with Crippen molar-refractivity contribution in [2.45, 2.75) is 51.2 Å². The Morgan fingerprint density at radius 1 is 1.29 bits per heavy atom. The highest BCUT2D eigenvalue weighted by molar-refractivity contribution is 6.34. The number of aliphatic hydroxyl groups is 1. The number of fused-ring (bicyclic) bond motifs is 1. The molecule has 180 valence electrons. The van der Waals surface area contributed by atoms with E-state index in [1.54, 1.807) is 35.4 Å². The van der Waals surface area contributed by atoms with Crippen LogP contribution in [0.25, 0.3) is 22.6 Å². The third-order valence-electron chi connectivity index (χ3n) is 5.97. The molecule has 2 heterocycles. The topological polar surface area (TPSA) is 111 Å². The number of carboxylic acid groups (broad SMARTS) is 1. The zero-order chi connectivity index (χ0) is 25.3. The SMILES string of the molecule is CC(C)(C)c1ccc(C(C#N)CCC(=O)O)c(Cl)c1-c1nc2cc(N3C=CC=CC3O)ccc2o1. The average Bonchev–Trinajstić information content (AvgIpc) is 3.22. The first-order chi connectivity index (χ1) is 16.6. The van der Waals surface area contributed by atoms with Crippen LogP contribution in [-0.4, -0.2) is 27.4 Å². The number of aliphatic hydroxyl groups excluding tert-OH is 1. The Kier molecular flexibility index (Phi) is 6.70. The van der Waals surface area contributed by atoms with Crippen LogP contribution in [-0.2, 0) is 10.2 Å². The molecule has 1 aromatic heterocycles. The summed E-state index contributed by atoms with van der Waals surface area (Å²) in [7, 11) is 0. The van der Waals surface area contributed by atoms with Gasteiger partial charge in [0.2, 0.25) is 5.89 Å². The van der Waals surface area contributed by atoms with Gasteiger partial charge in [-0.1, -0.05) is 50.6 Å². The maximum atomic E-state index is 11.1. The van der Waals surface area contributed by atoms with Crippen LogP contribution in [0.1, 0.15) is 50.7 Å². The van der Waals surface area contributed by atoms with Crippen LogP contribution in [0.4, 0.5) is 5.69 Å². The first-order valence-corrected chi connectivity index (χ1v) is 11.6. The number of nitrogens with zero attached hydrogens (tertiary/aromatic N) is 3. The smallest absolute Gasteiger partial charge is 0.303 e. The lowest BCUT2D eigenvalue weighted by Crippen LogP contribution is -2.29. The van der Waals surface area contributed by atoms with Crippen LogP contribution in [0, 0.1) is 11.3 Å². The number of benzene rings is 2. The van der Waals surface area contributed by atoms with Crippen molar-refractivity contribution >= 4 is 34.4 Å². The highest BCUT2D eigenvalue weighted by Gasteiger charge is 2.28. The van der Waals surface area contributed by atoms with Crippen molar-refractivity contribution in [3.8, 4) is 17.5 Å². The van der Waals surface area contributed by atoms with Crippen molar-refractivity contribution < 1.29 is 19.4 Å². The number of allylic oxidation sites excluding steroid dienone is 2. The molecule has 0 fully saturated rings. The number of hydrogen-bond donors (Lipinski definition) is 2. The number of anilines is 1. The summed E-state index contributed by atoms with van der Waals surface area (Å²) in [5, 5.41) is 29.4. The molecule has 7 nitrogen and oxygen atoms in total. The van der Waals surface area contributed by atoms with Crippen molar-refractivity contribution in [3.05, 3.63) is 70.9 Å². The van der Waals surface area contributed by atoms with Crippen molar-refractivity contribution in [3.63, 3.8) is 0 Å². The summed E-state index contributed by atoms with van der Waals surface area (Å²) >= 11 is 6.89. The van der Waals surface area contributed by atoms with Crippen LogP contribution in [0.5, 0.6) is 0 Å². The van der Waals surface area contributed by atoms with Crippen LogP contribution in [0.3, 0.4) is 0 Å². The summed E-state index contributed by atoms with van der Waals surface area (Å²) in [6.45, 7) is 6.14. The number of aromatic nitrogens is 1. The molecule has 1 aliphatic heterocycles. The van der Waals surface area contributed by atoms with Gasteiger partial charge in [-0.2, -0.15) is 5.26 Å². The maximum absolute atomic E-state index is 11.1. The molecule has 4 rings (SSSR count). The van der Waals surface area contributed by atoms with Gasteiger partial charge in [-0.05, 0) is 53.3 Å². The number of rotatable bonds is 6. The van der Waals surface area contributed by atoms with Gasteiger partial charge in [0, 0.05) is 18.3 Å². The third-order valence-corrected chi connectivity index (χ3v) is 6.37. The van der Waals surface area contributed by atoms with E-state index < -0.39 is 18.1 Å². The standard InChI is InChI=1S/C27H26ClN3O4/c1-27(2,3)19-10-9-18(16(15-29)7-12-23(33)34)25(28)24(19)26-30-20-14-17(8-11-21(20)35-26)31-13-5-4-6-22(31)32/h4-6,8-11,13-14,16,22,32H,7,12H2,1-3H3,(H,33,34). The van der Waals surface area contributed by atoms with E-state index in [2.05, 4.69) is 6.07 Å². The van der Waals surface area contributed by atoms with Crippen LogP contribution >= 0.6 is 11.6 Å². The molecular formula is C27H26ClN3O4. The normalized spacial score (nSPS) is 16.5. The fraction of sp³-hybridized carbons (Fsp3) is 0.296. The minimum atomic E-state index is -0.966. The molecule has 2 unspecified atom stereocenters. The minimum absolute atomic E-state index is 0.136. The van der Waals surface area contributed by atoms with Gasteiger partial charge in [-0.25, -0.2) is 4.98 Å². The van der Waals surface area contributed by atoms with Gasteiger partial charge in [0.05, 0.1) is 22.6 Å². The number of nitriles is 1. The zero-order valence-corrected chi connectivity index (χ0v) is 20.5. The molecule has 0 spiro atoms. The van der Waals surface area contributed by atoms with Crippen molar-refractivity contribution in [2.24, 2.45) is 0 Å². The Balaban J connectivity index is 1.83. The molecule has 0 saturated carbocycles. The van der Waals surface area contributed by atoms with E-state index >= 15 is 0 Å². The highest BCUT2D eigenvalue weighted by atomic mass is 35.5. The van der Waals surface area contributed by atoms with E-state index in [9.17, 15) is 15.2 Å². The monoisotopic (exact) mass is 491 g/mol. The Hall–Kier alpha value is -3.60. The van der Waals surface area contributed by atoms with E-state index in [-0.39, 0.29) is 18.3 Å². The molecule has 3 aromatic rings. The molecule has 35 heavy (non-hydrogen) atoms. The Labute approximate surface area is 208 Å². The first kappa shape index (κ1) is 24.5. The molecule has 2 aromatic carbocycles. The van der Waals surface area contributed by atoms with Crippen LogP contribution < -0.4 is 4.90 Å². The molecule has 0 amide bonds. The maximum Gasteiger partial charge on any atom is 0.303 e. The number of oxazole rings is 1. The predicted molar refractivity (Wildman–Crippen MR) is 135 cm³/mol. The van der Waals surface area contributed by atoms with Gasteiger partial charge < -0.3 is 19.5 Å². The fourth-order valence-corrected chi connectivity index (χ4v) is 4.54. The van der Waals surface area contributed by atoms with E-state index in [1.807, 2.05) is 45.0 Å². The lowest BCUT2D eigenvalue weighted by atomic mass is 9.81. The molecule has 8 heteroatoms. The summed E-state index contributed by atoms with van der Waals surface area (Å²) in [5.74, 6) is -1.33. The third kappa shape index (κ3) is 4.95. The lowest BCUT2D eigenvalue weighted by Gasteiger charge is -2.26. The molecule has 1 aliphatic rings. The number of carboxylic acids is 1. The minimum Gasteiger partial charge on any atom is -0.481 e. The van der Waals surface area contributed by atoms with E-state index in [0.717, 1.165) is 11.3 Å². The molecule has 0 bridgehead atoms.